The number of thiol groups is 1. The Kier molecular flexibility index (Phi) is 3.08. The number of nitrogens with zero attached hydrogens (tertiary/aromatic N) is 2. The van der Waals surface area contributed by atoms with Gasteiger partial charge in [0.05, 0.1) is 0 Å². The molecule has 0 saturated carbocycles. The molecule has 0 atom stereocenters. The van der Waals surface area contributed by atoms with Crippen molar-refractivity contribution >= 4 is 12.6 Å². The van der Waals surface area contributed by atoms with E-state index in [2.05, 4.69) is 12.6 Å². The molecular formula is C8H14N2O2S. The quantitative estimate of drug-likeness (QED) is 0.718. The van der Waals surface area contributed by atoms with Crippen molar-refractivity contribution in [1.82, 2.24) is 9.13 Å². The van der Waals surface area contributed by atoms with Crippen LogP contribution in [-0.4, -0.2) is 14.2 Å². The Morgan fingerprint density at radius 1 is 1.54 bits per heavy atom. The first kappa shape index (κ1) is 10.2. The predicted molar refractivity (Wildman–Crippen MR) is 53.5 cm³/mol. The van der Waals surface area contributed by atoms with E-state index in [4.69, 9.17) is 0 Å². The summed E-state index contributed by atoms with van der Waals surface area (Å²) in [6, 6.07) is 0. The molecule has 13 heavy (non-hydrogen) atoms. The van der Waals surface area contributed by atoms with Crippen LogP contribution in [0.15, 0.2) is 9.82 Å². The van der Waals surface area contributed by atoms with E-state index in [1.165, 1.54) is 16.2 Å². The summed E-state index contributed by atoms with van der Waals surface area (Å²) in [6.07, 6.45) is 1.92. The van der Waals surface area contributed by atoms with Crippen molar-refractivity contribution in [3.63, 3.8) is 0 Å². The molecule has 1 heterocycles. The lowest BCUT2D eigenvalue weighted by Gasteiger charge is -1.99. The van der Waals surface area contributed by atoms with Crippen LogP contribution in [0.2, 0.25) is 0 Å². The zero-order valence-corrected chi connectivity index (χ0v) is 8.71. The summed E-state index contributed by atoms with van der Waals surface area (Å²) in [7, 11) is 1.53. The van der Waals surface area contributed by atoms with Crippen molar-refractivity contribution < 1.29 is 5.11 Å². The molecule has 1 N–H and O–H groups in total. The Morgan fingerprint density at radius 3 is 2.54 bits per heavy atom. The van der Waals surface area contributed by atoms with E-state index in [9.17, 15) is 9.90 Å². The first-order valence-corrected chi connectivity index (χ1v) is 4.71. The van der Waals surface area contributed by atoms with E-state index in [-0.39, 0.29) is 11.6 Å². The molecule has 0 aliphatic heterocycles. The molecule has 1 rings (SSSR count). The van der Waals surface area contributed by atoms with Crippen molar-refractivity contribution in [2.75, 3.05) is 0 Å². The van der Waals surface area contributed by atoms with Crippen LogP contribution in [0.1, 0.15) is 19.8 Å². The molecule has 0 unspecified atom stereocenters. The molecule has 0 aromatic carbocycles. The number of unbranched alkanes of at least 4 members (excludes halogenated alkanes) is 1. The number of hydrogen-bond donors (Lipinski definition) is 2. The largest absolute Gasteiger partial charge is 0.492 e. The lowest BCUT2D eigenvalue weighted by molar-refractivity contribution is 0.415. The maximum Gasteiger partial charge on any atom is 0.331 e. The second-order valence-corrected chi connectivity index (χ2v) is 3.42. The molecule has 0 amide bonds. The van der Waals surface area contributed by atoms with E-state index >= 15 is 0 Å². The summed E-state index contributed by atoms with van der Waals surface area (Å²) in [5, 5.41) is 9.72. The zero-order valence-electron chi connectivity index (χ0n) is 7.82. The number of aromatic hydroxyl groups is 1. The van der Waals surface area contributed by atoms with E-state index < -0.39 is 0 Å². The normalized spacial score (nSPS) is 10.7. The number of rotatable bonds is 3. The van der Waals surface area contributed by atoms with Crippen molar-refractivity contribution in [2.45, 2.75) is 31.3 Å². The van der Waals surface area contributed by atoms with E-state index in [1.54, 1.807) is 0 Å². The Labute approximate surface area is 82.2 Å². The number of aromatic nitrogens is 2. The van der Waals surface area contributed by atoms with E-state index in [0.717, 1.165) is 12.8 Å². The standard InChI is InChI=1S/C8H14N2O2S/c1-3-4-5-10-7(13)6(11)9(2)8(10)12/h11,13H,3-5H2,1-2H3. The maximum absolute atomic E-state index is 11.4. The molecule has 4 nitrogen and oxygen atoms in total. The third kappa shape index (κ3) is 1.75. The summed E-state index contributed by atoms with van der Waals surface area (Å²) in [5.41, 5.74) is -0.212. The van der Waals surface area contributed by atoms with Gasteiger partial charge in [0.15, 0.2) is 0 Å². The first-order valence-electron chi connectivity index (χ1n) is 4.27. The van der Waals surface area contributed by atoms with Gasteiger partial charge in [0, 0.05) is 13.6 Å². The summed E-state index contributed by atoms with van der Waals surface area (Å²) < 4.78 is 2.67. The molecule has 0 spiro atoms. The molecule has 5 heteroatoms. The lowest BCUT2D eigenvalue weighted by Crippen LogP contribution is -2.22. The average molecular weight is 202 g/mol. The third-order valence-corrected chi connectivity index (χ3v) is 2.47. The number of hydrogen-bond acceptors (Lipinski definition) is 3. The van der Waals surface area contributed by atoms with E-state index in [1.807, 2.05) is 6.92 Å². The highest BCUT2D eigenvalue weighted by molar-refractivity contribution is 7.80. The van der Waals surface area contributed by atoms with Crippen molar-refractivity contribution in [3.8, 4) is 5.88 Å². The minimum absolute atomic E-state index is 0.0653. The summed E-state index contributed by atoms with van der Waals surface area (Å²) in [6.45, 7) is 2.66. The molecule has 1 aromatic heterocycles. The molecule has 0 aliphatic carbocycles. The van der Waals surface area contributed by atoms with Gasteiger partial charge in [-0.3, -0.25) is 9.13 Å². The van der Waals surface area contributed by atoms with Gasteiger partial charge in [-0.25, -0.2) is 4.79 Å². The van der Waals surface area contributed by atoms with Crippen molar-refractivity contribution in [1.29, 1.82) is 0 Å². The monoisotopic (exact) mass is 202 g/mol. The Balaban J connectivity index is 3.07. The van der Waals surface area contributed by atoms with Crippen LogP contribution in [0.4, 0.5) is 0 Å². The second kappa shape index (κ2) is 3.91. The fraction of sp³-hybridized carbons (Fsp3) is 0.625. The fourth-order valence-electron chi connectivity index (χ4n) is 1.15. The van der Waals surface area contributed by atoms with Crippen LogP contribution in [0.5, 0.6) is 5.88 Å². The smallest absolute Gasteiger partial charge is 0.331 e. The van der Waals surface area contributed by atoms with Crippen LogP contribution in [0.3, 0.4) is 0 Å². The molecule has 0 aliphatic rings. The summed E-state index contributed by atoms with van der Waals surface area (Å²) in [5.74, 6) is -0.0653. The Morgan fingerprint density at radius 2 is 2.15 bits per heavy atom. The third-order valence-electron chi connectivity index (χ3n) is 2.03. The van der Waals surface area contributed by atoms with Crippen LogP contribution < -0.4 is 5.69 Å². The molecule has 1 aromatic rings. The highest BCUT2D eigenvalue weighted by Crippen LogP contribution is 2.18. The zero-order chi connectivity index (χ0) is 10.0. The lowest BCUT2D eigenvalue weighted by atomic mass is 10.3. The highest BCUT2D eigenvalue weighted by Gasteiger charge is 2.12. The minimum Gasteiger partial charge on any atom is -0.492 e. The van der Waals surface area contributed by atoms with Gasteiger partial charge in [0.2, 0.25) is 5.88 Å². The van der Waals surface area contributed by atoms with Gasteiger partial charge in [0.25, 0.3) is 0 Å². The minimum atomic E-state index is -0.212. The maximum atomic E-state index is 11.4. The van der Waals surface area contributed by atoms with Gasteiger partial charge >= 0.3 is 5.69 Å². The van der Waals surface area contributed by atoms with Crippen LogP contribution >= 0.6 is 12.6 Å². The summed E-state index contributed by atoms with van der Waals surface area (Å²) >= 11 is 4.07. The molecule has 74 valence electrons. The molecule has 0 saturated heterocycles. The topological polar surface area (TPSA) is 47.2 Å². The summed E-state index contributed by atoms with van der Waals surface area (Å²) in [4.78, 5) is 11.4. The molecular weight excluding hydrogens is 188 g/mol. The molecule has 0 radical (unpaired) electrons. The van der Waals surface area contributed by atoms with Gasteiger partial charge in [-0.2, -0.15) is 0 Å². The van der Waals surface area contributed by atoms with Crippen LogP contribution in [-0.2, 0) is 13.6 Å². The Hall–Kier alpha value is -0.840. The van der Waals surface area contributed by atoms with Gasteiger partial charge in [0.1, 0.15) is 5.03 Å². The second-order valence-electron chi connectivity index (χ2n) is 2.99. The van der Waals surface area contributed by atoms with E-state index in [0.29, 0.717) is 11.6 Å². The van der Waals surface area contributed by atoms with Crippen LogP contribution in [0, 0.1) is 0 Å². The first-order chi connectivity index (χ1) is 6.09. The van der Waals surface area contributed by atoms with Crippen LogP contribution in [0.25, 0.3) is 0 Å². The number of imidazole rings is 1. The highest BCUT2D eigenvalue weighted by atomic mass is 32.1. The fourth-order valence-corrected chi connectivity index (χ4v) is 1.49. The molecule has 0 fully saturated rings. The van der Waals surface area contributed by atoms with Gasteiger partial charge in [-0.05, 0) is 6.42 Å². The average Bonchev–Trinajstić information content (AvgIpc) is 2.30. The van der Waals surface area contributed by atoms with Gasteiger partial charge in [-0.15, -0.1) is 12.6 Å². The molecule has 0 bridgehead atoms. The van der Waals surface area contributed by atoms with Crippen molar-refractivity contribution in [3.05, 3.63) is 10.5 Å². The Bertz CT molecular complexity index is 354. The van der Waals surface area contributed by atoms with Crippen molar-refractivity contribution in [2.24, 2.45) is 7.05 Å². The van der Waals surface area contributed by atoms with Gasteiger partial charge < -0.3 is 5.11 Å². The predicted octanol–water partition coefficient (Wildman–Crippen LogP) is 0.981. The SMILES string of the molecule is CCCCn1c(S)c(O)n(C)c1=O. The van der Waals surface area contributed by atoms with Gasteiger partial charge in [-0.1, -0.05) is 13.3 Å².